The van der Waals surface area contributed by atoms with Gasteiger partial charge in [-0.2, -0.15) is 0 Å². The van der Waals surface area contributed by atoms with Crippen LogP contribution in [-0.4, -0.2) is 35.2 Å². The average molecular weight is 252 g/mol. The molecule has 98 valence electrons. The highest BCUT2D eigenvalue weighted by Crippen LogP contribution is 2.08. The van der Waals surface area contributed by atoms with Crippen LogP contribution < -0.4 is 5.73 Å². The molecule has 0 heterocycles. The molecule has 1 rings (SSSR count). The fourth-order valence-electron chi connectivity index (χ4n) is 1.18. The molecule has 1 amide bonds. The molecule has 0 fully saturated rings. The van der Waals surface area contributed by atoms with Gasteiger partial charge in [0.05, 0.1) is 0 Å². The molecular formula is C12H16N2O4. The van der Waals surface area contributed by atoms with Crippen molar-refractivity contribution in [3.05, 3.63) is 29.8 Å². The molecule has 3 N–H and O–H groups in total. The largest absolute Gasteiger partial charge is 0.480 e. The molecule has 0 saturated carbocycles. The number of amides is 1. The molecular weight excluding hydrogens is 236 g/mol. The van der Waals surface area contributed by atoms with Crippen LogP contribution >= 0.6 is 0 Å². The lowest BCUT2D eigenvalue weighted by molar-refractivity contribution is -0.141. The summed E-state index contributed by atoms with van der Waals surface area (Å²) in [7, 11) is 1.38. The minimum absolute atomic E-state index is 0.0792. The van der Waals surface area contributed by atoms with Gasteiger partial charge in [-0.05, 0) is 24.6 Å². The van der Waals surface area contributed by atoms with Crippen molar-refractivity contribution in [2.24, 2.45) is 0 Å². The SMILES string of the molecule is C[C@H](C(=O)O)N(C)C(=O)OCc1ccc(N)cc1. The Morgan fingerprint density at radius 2 is 1.94 bits per heavy atom. The van der Waals surface area contributed by atoms with E-state index in [9.17, 15) is 9.59 Å². The van der Waals surface area contributed by atoms with Gasteiger partial charge in [0.2, 0.25) is 0 Å². The number of carbonyl (C=O) groups is 2. The Morgan fingerprint density at radius 3 is 2.44 bits per heavy atom. The number of ether oxygens (including phenoxy) is 1. The third-order valence-corrected chi connectivity index (χ3v) is 2.57. The van der Waals surface area contributed by atoms with Gasteiger partial charge >= 0.3 is 12.1 Å². The highest BCUT2D eigenvalue weighted by molar-refractivity contribution is 5.79. The summed E-state index contributed by atoms with van der Waals surface area (Å²) in [4.78, 5) is 23.3. The van der Waals surface area contributed by atoms with E-state index in [4.69, 9.17) is 15.6 Å². The van der Waals surface area contributed by atoms with Crippen LogP contribution in [-0.2, 0) is 16.1 Å². The second-order valence-electron chi connectivity index (χ2n) is 3.92. The minimum atomic E-state index is -1.08. The Labute approximate surface area is 105 Å². The van der Waals surface area contributed by atoms with E-state index in [1.165, 1.54) is 14.0 Å². The maximum absolute atomic E-state index is 11.5. The van der Waals surface area contributed by atoms with Crippen LogP contribution in [0.4, 0.5) is 10.5 Å². The number of nitrogens with two attached hydrogens (primary N) is 1. The van der Waals surface area contributed by atoms with E-state index in [1.807, 2.05) is 0 Å². The number of nitrogen functional groups attached to an aromatic ring is 1. The van der Waals surface area contributed by atoms with Gasteiger partial charge in [0, 0.05) is 12.7 Å². The number of carboxylic acids is 1. The molecule has 1 aromatic rings. The molecule has 0 aliphatic heterocycles. The average Bonchev–Trinajstić information content (AvgIpc) is 2.35. The summed E-state index contributed by atoms with van der Waals surface area (Å²) in [6.07, 6.45) is -0.679. The summed E-state index contributed by atoms with van der Waals surface area (Å²) in [5, 5.41) is 8.75. The maximum atomic E-state index is 11.5. The van der Waals surface area contributed by atoms with Gasteiger partial charge in [0.25, 0.3) is 0 Å². The first-order chi connectivity index (χ1) is 8.41. The summed E-state index contributed by atoms with van der Waals surface area (Å²) in [6.45, 7) is 1.49. The second-order valence-corrected chi connectivity index (χ2v) is 3.92. The molecule has 1 aromatic carbocycles. The van der Waals surface area contributed by atoms with Gasteiger partial charge < -0.3 is 15.6 Å². The third-order valence-electron chi connectivity index (χ3n) is 2.57. The van der Waals surface area contributed by atoms with Crippen LogP contribution in [0.25, 0.3) is 0 Å². The standard InChI is InChI=1S/C12H16N2O4/c1-8(11(15)16)14(2)12(17)18-7-9-3-5-10(13)6-4-9/h3-6,8H,7,13H2,1-2H3,(H,15,16)/t8-/m1/s1. The smallest absolute Gasteiger partial charge is 0.410 e. The minimum Gasteiger partial charge on any atom is -0.480 e. The Morgan fingerprint density at radius 1 is 1.39 bits per heavy atom. The molecule has 6 heteroatoms. The normalized spacial score (nSPS) is 11.7. The first kappa shape index (κ1) is 13.8. The molecule has 0 unspecified atom stereocenters. The quantitative estimate of drug-likeness (QED) is 0.788. The summed E-state index contributed by atoms with van der Waals surface area (Å²) >= 11 is 0. The number of anilines is 1. The number of aliphatic carboxylic acids is 1. The number of hydrogen-bond acceptors (Lipinski definition) is 4. The zero-order chi connectivity index (χ0) is 13.7. The Hall–Kier alpha value is -2.24. The molecule has 18 heavy (non-hydrogen) atoms. The molecule has 0 aromatic heterocycles. The number of hydrogen-bond donors (Lipinski definition) is 2. The summed E-state index contributed by atoms with van der Waals surface area (Å²) in [5.74, 6) is -1.08. The third kappa shape index (κ3) is 3.65. The van der Waals surface area contributed by atoms with Gasteiger partial charge in [0.15, 0.2) is 0 Å². The predicted octanol–water partition coefficient (Wildman–Crippen LogP) is 1.31. The summed E-state index contributed by atoms with van der Waals surface area (Å²) in [5.41, 5.74) is 6.94. The number of carbonyl (C=O) groups excluding carboxylic acids is 1. The van der Waals surface area contributed by atoms with Crippen LogP contribution in [0.2, 0.25) is 0 Å². The van der Waals surface area contributed by atoms with E-state index in [1.54, 1.807) is 24.3 Å². The molecule has 1 atom stereocenters. The van der Waals surface area contributed by atoms with E-state index in [2.05, 4.69) is 0 Å². The number of benzene rings is 1. The monoisotopic (exact) mass is 252 g/mol. The van der Waals surface area contributed by atoms with E-state index in [-0.39, 0.29) is 6.61 Å². The lowest BCUT2D eigenvalue weighted by Crippen LogP contribution is -2.40. The Kier molecular flexibility index (Phi) is 4.53. The number of nitrogens with zero attached hydrogens (tertiary/aromatic N) is 1. The molecule has 0 spiro atoms. The van der Waals surface area contributed by atoms with Crippen molar-refractivity contribution >= 4 is 17.7 Å². The van der Waals surface area contributed by atoms with Gasteiger partial charge in [-0.3, -0.25) is 4.90 Å². The number of rotatable bonds is 4. The van der Waals surface area contributed by atoms with Crippen LogP contribution in [0.5, 0.6) is 0 Å². The number of likely N-dealkylation sites (N-methyl/N-ethyl adjacent to an activating group) is 1. The van der Waals surface area contributed by atoms with Crippen molar-refractivity contribution in [2.45, 2.75) is 19.6 Å². The van der Waals surface area contributed by atoms with Gasteiger partial charge in [-0.15, -0.1) is 0 Å². The second kappa shape index (κ2) is 5.90. The van der Waals surface area contributed by atoms with Gasteiger partial charge in [-0.25, -0.2) is 9.59 Å². The predicted molar refractivity (Wildman–Crippen MR) is 65.9 cm³/mol. The van der Waals surface area contributed by atoms with E-state index in [0.717, 1.165) is 10.5 Å². The lowest BCUT2D eigenvalue weighted by atomic mass is 10.2. The first-order valence-electron chi connectivity index (χ1n) is 5.38. The molecule has 0 aliphatic carbocycles. The fraction of sp³-hybridized carbons (Fsp3) is 0.333. The van der Waals surface area contributed by atoms with E-state index in [0.29, 0.717) is 5.69 Å². The van der Waals surface area contributed by atoms with Crippen LogP contribution in [0.1, 0.15) is 12.5 Å². The summed E-state index contributed by atoms with van der Waals surface area (Å²) < 4.78 is 4.98. The zero-order valence-electron chi connectivity index (χ0n) is 10.3. The lowest BCUT2D eigenvalue weighted by Gasteiger charge is -2.20. The molecule has 6 nitrogen and oxygen atoms in total. The number of carboxylic acid groups (broad SMARTS) is 1. The molecule has 0 bridgehead atoms. The van der Waals surface area contributed by atoms with Crippen molar-refractivity contribution in [1.82, 2.24) is 4.90 Å². The van der Waals surface area contributed by atoms with E-state index < -0.39 is 18.1 Å². The zero-order valence-corrected chi connectivity index (χ0v) is 10.3. The van der Waals surface area contributed by atoms with Crippen molar-refractivity contribution in [3.63, 3.8) is 0 Å². The summed E-state index contributed by atoms with van der Waals surface area (Å²) in [6, 6.07) is 5.95. The fourth-order valence-corrected chi connectivity index (χ4v) is 1.18. The Bertz CT molecular complexity index is 430. The van der Waals surface area contributed by atoms with E-state index >= 15 is 0 Å². The van der Waals surface area contributed by atoms with Crippen LogP contribution in [0.15, 0.2) is 24.3 Å². The van der Waals surface area contributed by atoms with Gasteiger partial charge in [0.1, 0.15) is 12.6 Å². The van der Waals surface area contributed by atoms with Crippen molar-refractivity contribution in [1.29, 1.82) is 0 Å². The molecule has 0 saturated heterocycles. The van der Waals surface area contributed by atoms with Crippen molar-refractivity contribution < 1.29 is 19.4 Å². The van der Waals surface area contributed by atoms with Crippen molar-refractivity contribution in [3.8, 4) is 0 Å². The topological polar surface area (TPSA) is 92.9 Å². The maximum Gasteiger partial charge on any atom is 0.410 e. The van der Waals surface area contributed by atoms with Crippen LogP contribution in [0.3, 0.4) is 0 Å². The highest BCUT2D eigenvalue weighted by Gasteiger charge is 2.22. The highest BCUT2D eigenvalue weighted by atomic mass is 16.6. The van der Waals surface area contributed by atoms with Crippen LogP contribution in [0, 0.1) is 0 Å². The van der Waals surface area contributed by atoms with Crippen molar-refractivity contribution in [2.75, 3.05) is 12.8 Å². The first-order valence-corrected chi connectivity index (χ1v) is 5.38. The molecule has 0 radical (unpaired) electrons. The van der Waals surface area contributed by atoms with Gasteiger partial charge in [-0.1, -0.05) is 12.1 Å². The Balaban J connectivity index is 2.50. The molecule has 0 aliphatic rings.